The number of aromatic nitrogens is 3. The van der Waals surface area contributed by atoms with Gasteiger partial charge in [0.05, 0.1) is 0 Å². The van der Waals surface area contributed by atoms with Gasteiger partial charge in [0, 0.05) is 11.5 Å². The van der Waals surface area contributed by atoms with Crippen molar-refractivity contribution in [1.29, 1.82) is 0 Å². The summed E-state index contributed by atoms with van der Waals surface area (Å²) in [6, 6.07) is 9.85. The maximum absolute atomic E-state index is 5.70. The Labute approximate surface area is 93.6 Å². The molecule has 0 amide bonds. The van der Waals surface area contributed by atoms with Crippen LogP contribution in [0, 0.1) is 0 Å². The van der Waals surface area contributed by atoms with Crippen LogP contribution in [0.15, 0.2) is 30.3 Å². The molecule has 0 aliphatic heterocycles. The molecule has 4 nitrogen and oxygen atoms in total. The predicted molar refractivity (Wildman–Crippen MR) is 61.7 cm³/mol. The number of hydrogen-bond donors (Lipinski definition) is 1. The lowest BCUT2D eigenvalue weighted by atomic mass is 10.2. The van der Waals surface area contributed by atoms with Crippen LogP contribution in [-0.4, -0.2) is 15.0 Å². The van der Waals surface area contributed by atoms with E-state index in [0.29, 0.717) is 17.7 Å². The fourth-order valence-electron chi connectivity index (χ4n) is 1.65. The van der Waals surface area contributed by atoms with Crippen LogP contribution >= 0.6 is 0 Å². The van der Waals surface area contributed by atoms with Gasteiger partial charge in [-0.25, -0.2) is 4.98 Å². The Morgan fingerprint density at radius 2 is 1.75 bits per heavy atom. The van der Waals surface area contributed by atoms with E-state index in [4.69, 9.17) is 5.73 Å². The van der Waals surface area contributed by atoms with Crippen molar-refractivity contribution in [1.82, 2.24) is 15.0 Å². The lowest BCUT2D eigenvalue weighted by molar-refractivity contribution is 0.902. The maximum atomic E-state index is 5.70. The molecule has 0 saturated heterocycles. The molecule has 1 saturated carbocycles. The number of nitrogens with two attached hydrogens (primary N) is 1. The summed E-state index contributed by atoms with van der Waals surface area (Å²) >= 11 is 0. The van der Waals surface area contributed by atoms with E-state index in [9.17, 15) is 0 Å². The van der Waals surface area contributed by atoms with Crippen LogP contribution in [0.4, 0.5) is 5.95 Å². The average molecular weight is 212 g/mol. The maximum Gasteiger partial charge on any atom is 0.223 e. The number of nitrogen functional groups attached to an aromatic ring is 1. The van der Waals surface area contributed by atoms with Gasteiger partial charge < -0.3 is 5.73 Å². The molecular weight excluding hydrogens is 200 g/mol. The first-order valence-electron chi connectivity index (χ1n) is 5.40. The van der Waals surface area contributed by atoms with Crippen molar-refractivity contribution >= 4 is 5.95 Å². The summed E-state index contributed by atoms with van der Waals surface area (Å²) in [6.45, 7) is 0. The molecule has 1 aromatic carbocycles. The van der Waals surface area contributed by atoms with E-state index in [1.54, 1.807) is 0 Å². The number of rotatable bonds is 2. The zero-order valence-electron chi connectivity index (χ0n) is 8.80. The molecule has 0 radical (unpaired) electrons. The molecule has 4 heteroatoms. The molecule has 16 heavy (non-hydrogen) atoms. The highest BCUT2D eigenvalue weighted by Crippen LogP contribution is 2.38. The molecule has 1 heterocycles. The van der Waals surface area contributed by atoms with Crippen molar-refractivity contribution in [2.75, 3.05) is 5.73 Å². The Kier molecular flexibility index (Phi) is 2.06. The molecule has 80 valence electrons. The molecule has 0 atom stereocenters. The van der Waals surface area contributed by atoms with Gasteiger partial charge in [-0.3, -0.25) is 0 Å². The molecule has 2 aromatic rings. The summed E-state index contributed by atoms with van der Waals surface area (Å²) in [5, 5.41) is 0. The van der Waals surface area contributed by atoms with E-state index >= 15 is 0 Å². The second kappa shape index (κ2) is 3.56. The second-order valence-corrected chi connectivity index (χ2v) is 4.02. The Bertz CT molecular complexity index is 506. The molecule has 1 fully saturated rings. The van der Waals surface area contributed by atoms with Crippen molar-refractivity contribution in [3.8, 4) is 11.4 Å². The lowest BCUT2D eigenvalue weighted by Gasteiger charge is -2.03. The fraction of sp³-hybridized carbons (Fsp3) is 0.250. The first-order chi connectivity index (χ1) is 7.83. The van der Waals surface area contributed by atoms with E-state index in [-0.39, 0.29) is 0 Å². The van der Waals surface area contributed by atoms with Crippen molar-refractivity contribution in [2.45, 2.75) is 18.8 Å². The number of nitrogens with zero attached hydrogens (tertiary/aromatic N) is 3. The topological polar surface area (TPSA) is 64.7 Å². The highest BCUT2D eigenvalue weighted by molar-refractivity contribution is 5.55. The van der Waals surface area contributed by atoms with Crippen LogP contribution in [0.25, 0.3) is 11.4 Å². The second-order valence-electron chi connectivity index (χ2n) is 4.02. The third-order valence-corrected chi connectivity index (χ3v) is 2.64. The van der Waals surface area contributed by atoms with Gasteiger partial charge in [-0.2, -0.15) is 9.97 Å². The lowest BCUT2D eigenvalue weighted by Crippen LogP contribution is -2.03. The van der Waals surface area contributed by atoms with Crippen molar-refractivity contribution in [3.05, 3.63) is 36.2 Å². The molecule has 0 unspecified atom stereocenters. The Hall–Kier alpha value is -1.97. The first-order valence-corrected chi connectivity index (χ1v) is 5.40. The summed E-state index contributed by atoms with van der Waals surface area (Å²) in [7, 11) is 0. The SMILES string of the molecule is Nc1nc(-c2ccccc2)nc(C2CC2)n1. The Balaban J connectivity index is 2.06. The standard InChI is InChI=1S/C12H12N4/c13-12-15-10(8-4-2-1-3-5-8)14-11(16-12)9-6-7-9/h1-5,9H,6-7H2,(H2,13,14,15,16). The van der Waals surface area contributed by atoms with Gasteiger partial charge in [0.25, 0.3) is 0 Å². The number of benzene rings is 1. The van der Waals surface area contributed by atoms with Crippen molar-refractivity contribution in [3.63, 3.8) is 0 Å². The average Bonchev–Trinajstić information content (AvgIpc) is 3.13. The van der Waals surface area contributed by atoms with Crippen LogP contribution < -0.4 is 5.73 Å². The third-order valence-electron chi connectivity index (χ3n) is 2.64. The zero-order valence-corrected chi connectivity index (χ0v) is 8.80. The van der Waals surface area contributed by atoms with Crippen LogP contribution in [0.1, 0.15) is 24.6 Å². The van der Waals surface area contributed by atoms with E-state index in [1.165, 1.54) is 0 Å². The molecule has 0 spiro atoms. The van der Waals surface area contributed by atoms with Gasteiger partial charge >= 0.3 is 0 Å². The van der Waals surface area contributed by atoms with Gasteiger partial charge in [0.1, 0.15) is 5.82 Å². The monoisotopic (exact) mass is 212 g/mol. The van der Waals surface area contributed by atoms with Gasteiger partial charge in [0.15, 0.2) is 5.82 Å². The molecule has 2 N–H and O–H groups in total. The summed E-state index contributed by atoms with van der Waals surface area (Å²) in [5.74, 6) is 2.32. The van der Waals surface area contributed by atoms with Gasteiger partial charge in [0.2, 0.25) is 5.95 Å². The highest BCUT2D eigenvalue weighted by Gasteiger charge is 2.27. The van der Waals surface area contributed by atoms with E-state index < -0.39 is 0 Å². The minimum atomic E-state index is 0.316. The summed E-state index contributed by atoms with van der Waals surface area (Å²) in [5.41, 5.74) is 6.68. The molecule has 0 bridgehead atoms. The van der Waals surface area contributed by atoms with Gasteiger partial charge in [-0.15, -0.1) is 0 Å². The molecule has 1 aromatic heterocycles. The minimum absolute atomic E-state index is 0.316. The first kappa shape index (κ1) is 9.27. The minimum Gasteiger partial charge on any atom is -0.368 e. The normalized spacial score (nSPS) is 15.0. The third kappa shape index (κ3) is 1.74. The quantitative estimate of drug-likeness (QED) is 0.826. The Morgan fingerprint density at radius 1 is 1.00 bits per heavy atom. The molecule has 3 rings (SSSR count). The zero-order chi connectivity index (χ0) is 11.0. The van der Waals surface area contributed by atoms with Crippen LogP contribution in [0.3, 0.4) is 0 Å². The summed E-state index contributed by atoms with van der Waals surface area (Å²) in [4.78, 5) is 12.8. The Morgan fingerprint density at radius 3 is 2.44 bits per heavy atom. The number of hydrogen-bond acceptors (Lipinski definition) is 4. The predicted octanol–water partition coefficient (Wildman–Crippen LogP) is 2.00. The molecule has 1 aliphatic rings. The van der Waals surface area contributed by atoms with Crippen LogP contribution in [0.2, 0.25) is 0 Å². The summed E-state index contributed by atoms with van der Waals surface area (Å²) in [6.07, 6.45) is 2.33. The van der Waals surface area contributed by atoms with E-state index in [2.05, 4.69) is 15.0 Å². The van der Waals surface area contributed by atoms with Crippen LogP contribution in [-0.2, 0) is 0 Å². The van der Waals surface area contributed by atoms with Crippen molar-refractivity contribution in [2.24, 2.45) is 0 Å². The summed E-state index contributed by atoms with van der Waals surface area (Å²) < 4.78 is 0. The largest absolute Gasteiger partial charge is 0.368 e. The van der Waals surface area contributed by atoms with Gasteiger partial charge in [-0.05, 0) is 12.8 Å². The smallest absolute Gasteiger partial charge is 0.223 e. The number of anilines is 1. The molecular formula is C12H12N4. The van der Waals surface area contributed by atoms with Gasteiger partial charge in [-0.1, -0.05) is 30.3 Å². The van der Waals surface area contributed by atoms with E-state index in [1.807, 2.05) is 30.3 Å². The van der Waals surface area contributed by atoms with Crippen LogP contribution in [0.5, 0.6) is 0 Å². The molecule has 1 aliphatic carbocycles. The van der Waals surface area contributed by atoms with E-state index in [0.717, 1.165) is 24.2 Å². The highest BCUT2D eigenvalue weighted by atomic mass is 15.1. The van der Waals surface area contributed by atoms with Crippen molar-refractivity contribution < 1.29 is 0 Å². The fourth-order valence-corrected chi connectivity index (χ4v) is 1.65.